The highest BCUT2D eigenvalue weighted by molar-refractivity contribution is 7.91. The molecule has 0 fully saturated rings. The number of sulfonamides is 1. The van der Waals surface area contributed by atoms with E-state index < -0.39 is 15.6 Å². The van der Waals surface area contributed by atoms with Crippen LogP contribution in [0.25, 0.3) is 0 Å². The molecule has 0 aliphatic rings. The quantitative estimate of drug-likeness (QED) is 0.795. The Hall–Kier alpha value is -0.470. The van der Waals surface area contributed by atoms with E-state index in [4.69, 9.17) is 9.84 Å². The fourth-order valence-electron chi connectivity index (χ4n) is 1.37. The summed E-state index contributed by atoms with van der Waals surface area (Å²) in [5.74, 6) is 0. The van der Waals surface area contributed by atoms with E-state index in [1.165, 1.54) is 6.07 Å². The van der Waals surface area contributed by atoms with Crippen LogP contribution in [0.2, 0.25) is 0 Å². The average Bonchev–Trinajstić information content (AvgIpc) is 2.76. The molecule has 1 heterocycles. The lowest BCUT2D eigenvalue weighted by Crippen LogP contribution is -2.40. The molecule has 0 bridgehead atoms. The number of rotatable bonds is 7. The molecule has 104 valence electrons. The zero-order chi connectivity index (χ0) is 13.8. The molecule has 0 saturated heterocycles. The Labute approximate surface area is 112 Å². The number of ether oxygens (including phenoxy) is 1. The van der Waals surface area contributed by atoms with E-state index in [2.05, 4.69) is 4.72 Å². The maximum atomic E-state index is 12.0. The second kappa shape index (κ2) is 6.12. The van der Waals surface area contributed by atoms with E-state index >= 15 is 0 Å². The van der Waals surface area contributed by atoms with Gasteiger partial charge in [0.25, 0.3) is 0 Å². The fourth-order valence-corrected chi connectivity index (χ4v) is 3.83. The molecular weight excluding hydrogens is 274 g/mol. The number of hydrogen-bond donors (Lipinski definition) is 2. The van der Waals surface area contributed by atoms with Gasteiger partial charge in [0.1, 0.15) is 4.21 Å². The Balaban J connectivity index is 2.71. The largest absolute Gasteiger partial charge is 0.391 e. The van der Waals surface area contributed by atoms with Crippen LogP contribution in [0.4, 0.5) is 0 Å². The molecule has 0 spiro atoms. The fraction of sp³-hybridized carbons (Fsp3) is 0.636. The zero-order valence-electron chi connectivity index (χ0n) is 10.8. The summed E-state index contributed by atoms with van der Waals surface area (Å²) in [4.78, 5) is 0.624. The highest BCUT2D eigenvalue weighted by atomic mass is 32.2. The molecule has 0 aromatic carbocycles. The van der Waals surface area contributed by atoms with Crippen molar-refractivity contribution in [2.75, 3.05) is 13.2 Å². The summed E-state index contributed by atoms with van der Waals surface area (Å²) in [7, 11) is -3.52. The summed E-state index contributed by atoms with van der Waals surface area (Å²) >= 11 is 1.06. The number of aliphatic hydroxyl groups excluding tert-OH is 1. The third-order valence-corrected chi connectivity index (χ3v) is 5.24. The van der Waals surface area contributed by atoms with Gasteiger partial charge in [-0.15, -0.1) is 11.3 Å². The second-order valence-corrected chi connectivity index (χ2v) is 7.56. The molecule has 18 heavy (non-hydrogen) atoms. The van der Waals surface area contributed by atoms with Gasteiger partial charge in [-0.25, -0.2) is 13.1 Å². The number of nitrogens with one attached hydrogen (secondary N) is 1. The molecule has 0 unspecified atom stereocenters. The molecule has 0 aliphatic carbocycles. The van der Waals surface area contributed by atoms with Crippen molar-refractivity contribution in [2.45, 2.75) is 37.2 Å². The molecule has 0 amide bonds. The Morgan fingerprint density at radius 1 is 1.44 bits per heavy atom. The van der Waals surface area contributed by atoms with Gasteiger partial charge in [-0.1, -0.05) is 0 Å². The lowest BCUT2D eigenvalue weighted by Gasteiger charge is -2.24. The van der Waals surface area contributed by atoms with Crippen molar-refractivity contribution in [3.63, 3.8) is 0 Å². The number of aliphatic hydroxyl groups is 1. The van der Waals surface area contributed by atoms with E-state index in [0.717, 1.165) is 11.3 Å². The van der Waals surface area contributed by atoms with Crippen LogP contribution in [0.3, 0.4) is 0 Å². The average molecular weight is 293 g/mol. The molecule has 0 saturated carbocycles. The van der Waals surface area contributed by atoms with Gasteiger partial charge >= 0.3 is 0 Å². The summed E-state index contributed by atoms with van der Waals surface area (Å²) in [5, 5.41) is 8.92. The van der Waals surface area contributed by atoms with E-state index in [9.17, 15) is 8.42 Å². The maximum absolute atomic E-state index is 12.0. The Kier molecular flexibility index (Phi) is 5.30. The Bertz CT molecular complexity index is 479. The first-order valence-electron chi connectivity index (χ1n) is 5.64. The molecular formula is C11H19NO4S2. The molecule has 1 aromatic rings. The molecule has 0 atom stereocenters. The van der Waals surface area contributed by atoms with E-state index in [0.29, 0.717) is 11.5 Å². The van der Waals surface area contributed by atoms with Crippen LogP contribution in [-0.2, 0) is 21.4 Å². The van der Waals surface area contributed by atoms with Crippen LogP contribution >= 0.6 is 11.3 Å². The van der Waals surface area contributed by atoms with Crippen LogP contribution in [0, 0.1) is 0 Å². The number of thiophene rings is 1. The smallest absolute Gasteiger partial charge is 0.250 e. The van der Waals surface area contributed by atoms with Crippen LogP contribution in [0.5, 0.6) is 0 Å². The van der Waals surface area contributed by atoms with E-state index in [1.54, 1.807) is 6.07 Å². The lowest BCUT2D eigenvalue weighted by atomic mass is 10.1. The van der Waals surface area contributed by atoms with Gasteiger partial charge in [0.2, 0.25) is 10.0 Å². The summed E-state index contributed by atoms with van der Waals surface area (Å²) < 4.78 is 32.1. The van der Waals surface area contributed by atoms with Crippen molar-refractivity contribution in [1.29, 1.82) is 0 Å². The minimum absolute atomic E-state index is 0.148. The van der Waals surface area contributed by atoms with Gasteiger partial charge in [-0.3, -0.25) is 0 Å². The van der Waals surface area contributed by atoms with Crippen molar-refractivity contribution in [3.8, 4) is 0 Å². The van der Waals surface area contributed by atoms with Crippen molar-refractivity contribution < 1.29 is 18.3 Å². The van der Waals surface area contributed by atoms with Crippen molar-refractivity contribution in [2.24, 2.45) is 0 Å². The molecule has 2 N–H and O–H groups in total. The normalized spacial score (nSPS) is 12.9. The maximum Gasteiger partial charge on any atom is 0.250 e. The van der Waals surface area contributed by atoms with Gasteiger partial charge in [0.15, 0.2) is 0 Å². The van der Waals surface area contributed by atoms with E-state index in [-0.39, 0.29) is 17.4 Å². The molecule has 5 nitrogen and oxygen atoms in total. The molecule has 0 radical (unpaired) electrons. The first-order chi connectivity index (χ1) is 8.30. The predicted octanol–water partition coefficient (Wildman–Crippen LogP) is 1.33. The highest BCUT2D eigenvalue weighted by Gasteiger charge is 2.23. The molecule has 1 rings (SSSR count). The van der Waals surface area contributed by atoms with Crippen molar-refractivity contribution in [1.82, 2.24) is 4.72 Å². The van der Waals surface area contributed by atoms with Crippen LogP contribution in [-0.4, -0.2) is 32.3 Å². The topological polar surface area (TPSA) is 75.6 Å². The molecule has 7 heteroatoms. The van der Waals surface area contributed by atoms with Crippen LogP contribution in [0.1, 0.15) is 25.6 Å². The van der Waals surface area contributed by atoms with Crippen LogP contribution in [0.15, 0.2) is 16.3 Å². The number of hydrogen-bond acceptors (Lipinski definition) is 5. The first-order valence-corrected chi connectivity index (χ1v) is 7.94. The summed E-state index contributed by atoms with van der Waals surface area (Å²) in [6, 6.07) is 3.10. The monoisotopic (exact) mass is 293 g/mol. The summed E-state index contributed by atoms with van der Waals surface area (Å²) in [6.07, 6.45) is 0. The van der Waals surface area contributed by atoms with Gasteiger partial charge < -0.3 is 9.84 Å². The van der Waals surface area contributed by atoms with Gasteiger partial charge in [0.05, 0.1) is 12.2 Å². The Morgan fingerprint density at radius 2 is 2.11 bits per heavy atom. The van der Waals surface area contributed by atoms with Crippen molar-refractivity contribution in [3.05, 3.63) is 17.0 Å². The summed E-state index contributed by atoms with van der Waals surface area (Å²) in [6.45, 7) is 6.10. The first kappa shape index (κ1) is 15.6. The van der Waals surface area contributed by atoms with Gasteiger partial charge in [0, 0.05) is 18.0 Å². The lowest BCUT2D eigenvalue weighted by molar-refractivity contribution is -0.00514. The molecule has 1 aromatic heterocycles. The minimum Gasteiger partial charge on any atom is -0.391 e. The SMILES string of the molecule is CCOC(C)(C)CNS(=O)(=O)c1ccc(CO)s1. The second-order valence-electron chi connectivity index (χ2n) is 4.40. The summed E-state index contributed by atoms with van der Waals surface area (Å²) in [5.41, 5.74) is -0.543. The standard InChI is InChI=1S/C11H19NO4S2/c1-4-16-11(2,3)8-12-18(14,15)10-6-5-9(7-13)17-10/h5-6,12-13H,4,7-8H2,1-3H3. The van der Waals surface area contributed by atoms with Crippen molar-refractivity contribution >= 4 is 21.4 Å². The zero-order valence-corrected chi connectivity index (χ0v) is 12.4. The van der Waals surface area contributed by atoms with Gasteiger partial charge in [-0.2, -0.15) is 0 Å². The highest BCUT2D eigenvalue weighted by Crippen LogP contribution is 2.21. The molecule has 0 aliphatic heterocycles. The Morgan fingerprint density at radius 3 is 2.61 bits per heavy atom. The minimum atomic E-state index is -3.52. The van der Waals surface area contributed by atoms with E-state index in [1.807, 2.05) is 20.8 Å². The van der Waals surface area contributed by atoms with Gasteiger partial charge in [-0.05, 0) is 32.9 Å². The third-order valence-electron chi connectivity index (χ3n) is 2.28. The predicted molar refractivity (Wildman–Crippen MR) is 71.1 cm³/mol. The van der Waals surface area contributed by atoms with Crippen LogP contribution < -0.4 is 4.72 Å². The third kappa shape index (κ3) is 4.33.